The molecule has 4 rings (SSSR count). The van der Waals surface area contributed by atoms with E-state index in [4.69, 9.17) is 9.57 Å². The molecule has 2 aromatic carbocycles. The molecule has 0 bridgehead atoms. The number of hydrogen-bond donors (Lipinski definition) is 0. The molecule has 0 saturated carbocycles. The predicted molar refractivity (Wildman–Crippen MR) is 91.6 cm³/mol. The lowest BCUT2D eigenvalue weighted by Crippen LogP contribution is -2.34. The number of carbonyl (C=O) groups is 3. The van der Waals surface area contributed by atoms with Crippen molar-refractivity contribution in [3.05, 3.63) is 65.5 Å². The summed E-state index contributed by atoms with van der Waals surface area (Å²) < 4.78 is 17.9. The fourth-order valence-electron chi connectivity index (χ4n) is 3.23. The van der Waals surface area contributed by atoms with Crippen molar-refractivity contribution >= 4 is 29.2 Å². The van der Waals surface area contributed by atoms with Crippen molar-refractivity contribution < 1.29 is 28.3 Å². The molecular weight excluding hydrogens is 355 g/mol. The van der Waals surface area contributed by atoms with Gasteiger partial charge in [0, 0.05) is 5.56 Å². The molecule has 2 heterocycles. The first-order valence-electron chi connectivity index (χ1n) is 8.07. The zero-order valence-electron chi connectivity index (χ0n) is 14.1. The van der Waals surface area contributed by atoms with E-state index in [0.29, 0.717) is 5.56 Å². The number of fused-ring (bicyclic) bond motifs is 1. The molecule has 136 valence electrons. The number of methoxy groups -OCH3 is 1. The number of hydrogen-bond acceptors (Lipinski definition) is 6. The third kappa shape index (κ3) is 2.57. The summed E-state index contributed by atoms with van der Waals surface area (Å²) in [4.78, 5) is 43.9. The Morgan fingerprint density at radius 1 is 1.11 bits per heavy atom. The second-order valence-corrected chi connectivity index (χ2v) is 6.01. The largest absolute Gasteiger partial charge is 0.465 e. The lowest BCUT2D eigenvalue weighted by Gasteiger charge is -2.18. The molecule has 27 heavy (non-hydrogen) atoms. The normalized spacial score (nSPS) is 21.0. The van der Waals surface area contributed by atoms with E-state index in [1.54, 1.807) is 12.1 Å². The molecule has 2 aromatic rings. The van der Waals surface area contributed by atoms with E-state index in [2.05, 4.69) is 5.16 Å². The van der Waals surface area contributed by atoms with Crippen LogP contribution in [0.4, 0.5) is 10.1 Å². The van der Waals surface area contributed by atoms with Crippen molar-refractivity contribution in [1.82, 2.24) is 0 Å². The van der Waals surface area contributed by atoms with Gasteiger partial charge in [-0.25, -0.2) is 14.1 Å². The quantitative estimate of drug-likeness (QED) is 0.610. The minimum Gasteiger partial charge on any atom is -0.465 e. The smallest absolute Gasteiger partial charge is 0.339 e. The fourth-order valence-corrected chi connectivity index (χ4v) is 3.23. The van der Waals surface area contributed by atoms with E-state index in [0.717, 1.165) is 4.90 Å². The second-order valence-electron chi connectivity index (χ2n) is 6.01. The van der Waals surface area contributed by atoms with Crippen LogP contribution in [0.3, 0.4) is 0 Å². The number of halogens is 1. The average molecular weight is 368 g/mol. The Morgan fingerprint density at radius 2 is 1.81 bits per heavy atom. The number of ether oxygens (including phenoxy) is 1. The molecule has 0 aliphatic carbocycles. The van der Waals surface area contributed by atoms with Crippen LogP contribution in [0.1, 0.15) is 15.9 Å². The highest BCUT2D eigenvalue weighted by Crippen LogP contribution is 2.36. The summed E-state index contributed by atoms with van der Waals surface area (Å²) in [6.45, 7) is 0. The van der Waals surface area contributed by atoms with Gasteiger partial charge < -0.3 is 9.57 Å². The third-order valence-electron chi connectivity index (χ3n) is 4.50. The summed E-state index contributed by atoms with van der Waals surface area (Å²) in [5.74, 6) is -3.26. The van der Waals surface area contributed by atoms with Crippen molar-refractivity contribution in [2.75, 3.05) is 12.0 Å². The number of amides is 2. The number of benzene rings is 2. The molecule has 2 aliphatic heterocycles. The standard InChI is InChI=1S/C19H13FN2O5/c1-26-19(25)12-4-2-3-5-13(12)22-17(23)14-15(21-27-16(14)18(22)24)10-6-8-11(20)9-7-10/h2-9,14,16H,1H3/t14-,16+/m0/s1. The van der Waals surface area contributed by atoms with Crippen LogP contribution in [0.2, 0.25) is 0 Å². The van der Waals surface area contributed by atoms with Gasteiger partial charge >= 0.3 is 5.97 Å². The van der Waals surface area contributed by atoms with E-state index in [9.17, 15) is 18.8 Å². The van der Waals surface area contributed by atoms with Crippen LogP contribution in [-0.2, 0) is 19.2 Å². The molecule has 1 saturated heterocycles. The van der Waals surface area contributed by atoms with Crippen molar-refractivity contribution in [2.24, 2.45) is 11.1 Å². The van der Waals surface area contributed by atoms with Crippen LogP contribution < -0.4 is 4.90 Å². The van der Waals surface area contributed by atoms with E-state index in [-0.39, 0.29) is 17.0 Å². The van der Waals surface area contributed by atoms with Gasteiger partial charge in [0.1, 0.15) is 17.4 Å². The van der Waals surface area contributed by atoms with Crippen LogP contribution in [0.15, 0.2) is 53.7 Å². The first-order chi connectivity index (χ1) is 13.0. The lowest BCUT2D eigenvalue weighted by molar-refractivity contribution is -0.126. The Hall–Kier alpha value is -3.55. The van der Waals surface area contributed by atoms with E-state index in [1.165, 1.54) is 43.5 Å². The van der Waals surface area contributed by atoms with Gasteiger partial charge in [0.2, 0.25) is 12.0 Å². The number of imide groups is 1. The highest BCUT2D eigenvalue weighted by molar-refractivity contribution is 6.33. The molecule has 2 aliphatic rings. The third-order valence-corrected chi connectivity index (χ3v) is 4.50. The van der Waals surface area contributed by atoms with Gasteiger partial charge in [-0.3, -0.25) is 9.59 Å². The molecule has 0 aromatic heterocycles. The van der Waals surface area contributed by atoms with Gasteiger partial charge in [-0.05, 0) is 24.3 Å². The van der Waals surface area contributed by atoms with Gasteiger partial charge in [0.25, 0.3) is 5.91 Å². The summed E-state index contributed by atoms with van der Waals surface area (Å²) in [5, 5.41) is 3.86. The summed E-state index contributed by atoms with van der Waals surface area (Å²) in [5.41, 5.74) is 0.933. The Kier molecular flexibility index (Phi) is 3.95. The maximum atomic E-state index is 13.2. The van der Waals surface area contributed by atoms with Crippen molar-refractivity contribution in [3.8, 4) is 0 Å². The van der Waals surface area contributed by atoms with Gasteiger partial charge in [0.15, 0.2) is 0 Å². The second kappa shape index (κ2) is 6.31. The van der Waals surface area contributed by atoms with Crippen molar-refractivity contribution in [3.63, 3.8) is 0 Å². The zero-order chi connectivity index (χ0) is 19.1. The number of para-hydroxylation sites is 1. The predicted octanol–water partition coefficient (Wildman–Crippen LogP) is 1.90. The fraction of sp³-hybridized carbons (Fsp3) is 0.158. The SMILES string of the molecule is COC(=O)c1ccccc1N1C(=O)[C@H]2C(c3ccc(F)cc3)=NO[C@H]2C1=O. The summed E-state index contributed by atoms with van der Waals surface area (Å²) >= 11 is 0. The Bertz CT molecular complexity index is 986. The van der Waals surface area contributed by atoms with Gasteiger partial charge in [-0.15, -0.1) is 0 Å². The minimum atomic E-state index is -1.12. The van der Waals surface area contributed by atoms with Gasteiger partial charge in [0.05, 0.1) is 18.4 Å². The summed E-state index contributed by atoms with van der Waals surface area (Å²) in [7, 11) is 1.21. The molecular formula is C19H13FN2O5. The highest BCUT2D eigenvalue weighted by Gasteiger charge is 2.56. The first-order valence-corrected chi connectivity index (χ1v) is 8.07. The Labute approximate surface area is 153 Å². The molecule has 7 nitrogen and oxygen atoms in total. The topological polar surface area (TPSA) is 85.3 Å². The number of oxime groups is 1. The zero-order valence-corrected chi connectivity index (χ0v) is 14.1. The lowest BCUT2D eigenvalue weighted by atomic mass is 9.94. The van der Waals surface area contributed by atoms with Crippen molar-refractivity contribution in [1.29, 1.82) is 0 Å². The molecule has 2 amide bonds. The monoisotopic (exact) mass is 368 g/mol. The average Bonchev–Trinajstić information content (AvgIpc) is 3.22. The van der Waals surface area contributed by atoms with Crippen LogP contribution >= 0.6 is 0 Å². The number of nitrogens with zero attached hydrogens (tertiary/aromatic N) is 2. The van der Waals surface area contributed by atoms with Gasteiger partial charge in [-0.2, -0.15) is 0 Å². The minimum absolute atomic E-state index is 0.0851. The number of esters is 1. The molecule has 1 fully saturated rings. The molecule has 0 radical (unpaired) electrons. The Morgan fingerprint density at radius 3 is 2.52 bits per heavy atom. The maximum Gasteiger partial charge on any atom is 0.339 e. The summed E-state index contributed by atoms with van der Waals surface area (Å²) in [6, 6.07) is 11.5. The number of anilines is 1. The first kappa shape index (κ1) is 16.9. The van der Waals surface area contributed by atoms with Crippen LogP contribution in [0, 0.1) is 11.7 Å². The molecule has 8 heteroatoms. The van der Waals surface area contributed by atoms with Gasteiger partial charge in [-0.1, -0.05) is 29.4 Å². The maximum absolute atomic E-state index is 13.2. The van der Waals surface area contributed by atoms with E-state index < -0.39 is 35.6 Å². The van der Waals surface area contributed by atoms with Crippen LogP contribution in [0.25, 0.3) is 0 Å². The Balaban J connectivity index is 1.73. The highest BCUT2D eigenvalue weighted by atomic mass is 19.1. The molecule has 2 atom stereocenters. The number of carbonyl (C=O) groups excluding carboxylic acids is 3. The van der Waals surface area contributed by atoms with E-state index in [1.807, 2.05) is 0 Å². The molecule has 0 unspecified atom stereocenters. The molecule has 0 spiro atoms. The van der Waals surface area contributed by atoms with E-state index >= 15 is 0 Å². The van der Waals surface area contributed by atoms with Crippen LogP contribution in [0.5, 0.6) is 0 Å². The van der Waals surface area contributed by atoms with Crippen LogP contribution in [-0.4, -0.2) is 36.7 Å². The molecule has 0 N–H and O–H groups in total. The van der Waals surface area contributed by atoms with Crippen molar-refractivity contribution in [2.45, 2.75) is 6.10 Å². The number of rotatable bonds is 3. The summed E-state index contributed by atoms with van der Waals surface area (Å²) in [6.07, 6.45) is -1.12.